The largest absolute Gasteiger partial charge is 0.493 e. The Bertz CT molecular complexity index is 802. The highest BCUT2D eigenvalue weighted by Gasteiger charge is 2.44. The second-order valence-corrected chi connectivity index (χ2v) is 6.09. The first kappa shape index (κ1) is 22.1. The van der Waals surface area contributed by atoms with E-state index < -0.39 is 36.9 Å². The highest BCUT2D eigenvalue weighted by molar-refractivity contribution is 6.45. The Morgan fingerprint density at radius 1 is 1.14 bits per heavy atom. The standard InChI is InChI=1S/C18H21F2N3O6/c1-3-8-22-15(25)16(26)23(18(22)27)10-14(24)21-7-6-11-4-5-12(29-17(19)20)13(9-11)28-2/h4-5,9,17H,3,6-8,10H2,1-2H3,(H,21,24). The van der Waals surface area contributed by atoms with Crippen LogP contribution in [0.5, 0.6) is 11.5 Å². The number of halogens is 2. The second kappa shape index (κ2) is 9.80. The number of nitrogens with zero attached hydrogens (tertiary/aromatic N) is 2. The van der Waals surface area contributed by atoms with Crippen molar-refractivity contribution in [3.8, 4) is 11.5 Å². The van der Waals surface area contributed by atoms with Gasteiger partial charge in [-0.15, -0.1) is 0 Å². The van der Waals surface area contributed by atoms with Gasteiger partial charge in [-0.05, 0) is 30.5 Å². The van der Waals surface area contributed by atoms with Crippen LogP contribution < -0.4 is 14.8 Å². The number of carbonyl (C=O) groups excluding carboxylic acids is 4. The zero-order valence-electron chi connectivity index (χ0n) is 15.9. The molecule has 5 amide bonds. The maximum atomic E-state index is 12.3. The Kier molecular flexibility index (Phi) is 7.46. The number of imide groups is 2. The summed E-state index contributed by atoms with van der Waals surface area (Å²) in [5, 5.41) is 2.54. The minimum absolute atomic E-state index is 0.106. The molecule has 11 heteroatoms. The predicted octanol–water partition coefficient (Wildman–Crippen LogP) is 1.16. The van der Waals surface area contributed by atoms with Crippen molar-refractivity contribution in [2.45, 2.75) is 26.4 Å². The average Bonchev–Trinajstić information content (AvgIpc) is 2.87. The molecule has 1 aromatic carbocycles. The van der Waals surface area contributed by atoms with E-state index in [2.05, 4.69) is 10.1 Å². The molecule has 158 valence electrons. The number of amides is 5. The number of benzene rings is 1. The van der Waals surface area contributed by atoms with Gasteiger partial charge in [0.15, 0.2) is 11.5 Å². The number of alkyl halides is 2. The molecule has 0 aromatic heterocycles. The van der Waals surface area contributed by atoms with Crippen molar-refractivity contribution in [2.75, 3.05) is 26.7 Å². The van der Waals surface area contributed by atoms with Crippen molar-refractivity contribution < 1.29 is 37.4 Å². The molecule has 1 aliphatic rings. The minimum Gasteiger partial charge on any atom is -0.493 e. The number of methoxy groups -OCH3 is 1. The minimum atomic E-state index is -2.98. The molecule has 2 rings (SSSR count). The van der Waals surface area contributed by atoms with Crippen LogP contribution in [0.2, 0.25) is 0 Å². The Hall–Kier alpha value is -3.24. The van der Waals surface area contributed by atoms with Crippen molar-refractivity contribution in [3.63, 3.8) is 0 Å². The summed E-state index contributed by atoms with van der Waals surface area (Å²) in [4.78, 5) is 49.2. The van der Waals surface area contributed by atoms with Gasteiger partial charge in [0.05, 0.1) is 7.11 Å². The topological polar surface area (TPSA) is 105 Å². The summed E-state index contributed by atoms with van der Waals surface area (Å²) in [6.45, 7) is -1.53. The molecule has 0 bridgehead atoms. The number of hydrogen-bond acceptors (Lipinski definition) is 6. The van der Waals surface area contributed by atoms with Gasteiger partial charge in [-0.25, -0.2) is 9.69 Å². The lowest BCUT2D eigenvalue weighted by Crippen LogP contribution is -2.42. The maximum Gasteiger partial charge on any atom is 0.387 e. The summed E-state index contributed by atoms with van der Waals surface area (Å²) in [7, 11) is 1.31. The average molecular weight is 413 g/mol. The zero-order valence-corrected chi connectivity index (χ0v) is 15.9. The van der Waals surface area contributed by atoms with Crippen LogP contribution >= 0.6 is 0 Å². The van der Waals surface area contributed by atoms with Crippen LogP contribution in [0.25, 0.3) is 0 Å². The Labute approximate surface area is 165 Å². The molecule has 1 N–H and O–H groups in total. The van der Waals surface area contributed by atoms with E-state index in [0.717, 1.165) is 4.90 Å². The number of hydrogen-bond donors (Lipinski definition) is 1. The fourth-order valence-corrected chi connectivity index (χ4v) is 2.72. The second-order valence-electron chi connectivity index (χ2n) is 6.09. The summed E-state index contributed by atoms with van der Waals surface area (Å²) in [6, 6.07) is 3.56. The number of carbonyl (C=O) groups is 4. The first-order valence-corrected chi connectivity index (χ1v) is 8.84. The third-order valence-corrected chi connectivity index (χ3v) is 4.06. The summed E-state index contributed by atoms with van der Waals surface area (Å²) in [6.07, 6.45) is 0.829. The smallest absolute Gasteiger partial charge is 0.387 e. The number of ether oxygens (including phenoxy) is 2. The van der Waals surface area contributed by atoms with E-state index in [0.29, 0.717) is 23.3 Å². The predicted molar refractivity (Wildman–Crippen MR) is 95.5 cm³/mol. The number of urea groups is 1. The molecule has 1 heterocycles. The van der Waals surface area contributed by atoms with Gasteiger partial charge in [0, 0.05) is 13.1 Å². The van der Waals surface area contributed by atoms with Crippen molar-refractivity contribution in [3.05, 3.63) is 23.8 Å². The molecule has 1 saturated heterocycles. The summed E-state index contributed by atoms with van der Waals surface area (Å²) >= 11 is 0. The summed E-state index contributed by atoms with van der Waals surface area (Å²) in [5.41, 5.74) is 0.682. The van der Waals surface area contributed by atoms with Crippen LogP contribution in [0, 0.1) is 0 Å². The van der Waals surface area contributed by atoms with E-state index in [4.69, 9.17) is 4.74 Å². The van der Waals surface area contributed by atoms with Crippen molar-refractivity contribution in [2.24, 2.45) is 0 Å². The van der Waals surface area contributed by atoms with E-state index >= 15 is 0 Å². The Balaban J connectivity index is 1.88. The van der Waals surface area contributed by atoms with Crippen molar-refractivity contribution in [1.29, 1.82) is 0 Å². The third kappa shape index (κ3) is 5.39. The lowest BCUT2D eigenvalue weighted by molar-refractivity contribution is -0.144. The lowest BCUT2D eigenvalue weighted by atomic mass is 10.1. The van der Waals surface area contributed by atoms with Gasteiger partial charge in [0.25, 0.3) is 0 Å². The van der Waals surface area contributed by atoms with Gasteiger partial charge in [0.1, 0.15) is 6.54 Å². The lowest BCUT2D eigenvalue weighted by Gasteiger charge is -2.15. The fourth-order valence-electron chi connectivity index (χ4n) is 2.72. The highest BCUT2D eigenvalue weighted by atomic mass is 19.3. The maximum absolute atomic E-state index is 12.3. The van der Waals surface area contributed by atoms with Gasteiger partial charge in [-0.3, -0.25) is 19.3 Å². The molecule has 1 fully saturated rings. The van der Waals surface area contributed by atoms with E-state index in [-0.39, 0.29) is 24.6 Å². The molecule has 0 spiro atoms. The van der Waals surface area contributed by atoms with Gasteiger partial charge in [-0.1, -0.05) is 13.0 Å². The van der Waals surface area contributed by atoms with Crippen LogP contribution in [0.3, 0.4) is 0 Å². The first-order valence-electron chi connectivity index (χ1n) is 8.84. The molecular weight excluding hydrogens is 392 g/mol. The molecule has 29 heavy (non-hydrogen) atoms. The molecule has 0 radical (unpaired) electrons. The van der Waals surface area contributed by atoms with Gasteiger partial charge >= 0.3 is 24.5 Å². The SMILES string of the molecule is CCCN1C(=O)C(=O)N(CC(=O)NCCc2ccc(OC(F)F)c(OC)c2)C1=O. The molecule has 0 aliphatic carbocycles. The van der Waals surface area contributed by atoms with Gasteiger partial charge in [-0.2, -0.15) is 8.78 Å². The van der Waals surface area contributed by atoms with Crippen LogP contribution in [0.15, 0.2) is 18.2 Å². The van der Waals surface area contributed by atoms with Crippen molar-refractivity contribution in [1.82, 2.24) is 15.1 Å². The first-order chi connectivity index (χ1) is 13.8. The normalized spacial score (nSPS) is 14.0. The molecular formula is C18H21F2N3O6. The van der Waals surface area contributed by atoms with Gasteiger partial charge in [0.2, 0.25) is 5.91 Å². The number of rotatable bonds is 10. The van der Waals surface area contributed by atoms with E-state index in [9.17, 15) is 28.0 Å². The molecule has 9 nitrogen and oxygen atoms in total. The highest BCUT2D eigenvalue weighted by Crippen LogP contribution is 2.29. The van der Waals surface area contributed by atoms with E-state index in [1.807, 2.05) is 0 Å². The monoisotopic (exact) mass is 413 g/mol. The van der Waals surface area contributed by atoms with E-state index in [1.54, 1.807) is 13.0 Å². The third-order valence-electron chi connectivity index (χ3n) is 4.06. The summed E-state index contributed by atoms with van der Waals surface area (Å²) < 4.78 is 34.0. The zero-order chi connectivity index (χ0) is 21.6. The fraction of sp³-hybridized carbons (Fsp3) is 0.444. The molecule has 0 saturated carbocycles. The Morgan fingerprint density at radius 2 is 1.83 bits per heavy atom. The molecule has 1 aliphatic heterocycles. The van der Waals surface area contributed by atoms with Crippen LogP contribution in [0.1, 0.15) is 18.9 Å². The van der Waals surface area contributed by atoms with Crippen molar-refractivity contribution >= 4 is 23.8 Å². The van der Waals surface area contributed by atoms with E-state index in [1.165, 1.54) is 19.2 Å². The summed E-state index contributed by atoms with van der Waals surface area (Å²) in [5.74, 6) is -2.57. The van der Waals surface area contributed by atoms with Crippen LogP contribution in [-0.4, -0.2) is 66.9 Å². The number of nitrogens with one attached hydrogen (secondary N) is 1. The quantitative estimate of drug-likeness (QED) is 0.456. The molecule has 1 aromatic rings. The van der Waals surface area contributed by atoms with Crippen LogP contribution in [0.4, 0.5) is 13.6 Å². The Morgan fingerprint density at radius 3 is 2.45 bits per heavy atom. The molecule has 0 atom stereocenters. The molecule has 0 unspecified atom stereocenters. The van der Waals surface area contributed by atoms with Crippen LogP contribution in [-0.2, 0) is 20.8 Å². The van der Waals surface area contributed by atoms with Gasteiger partial charge < -0.3 is 14.8 Å².